The standard InChI is InChI=1S/C21H29N3O2/c1-15(2)12-17-14-20(23(4)22-17)21(25)24-10-8-18(9-11-24)26-19-7-5-6-16(3)13-19/h5-7,13-15,18H,8-12H2,1-4H3. The first kappa shape index (κ1) is 18.5. The van der Waals surface area contributed by atoms with E-state index in [0.717, 1.165) is 43.8 Å². The van der Waals surface area contributed by atoms with Crippen molar-refractivity contribution in [2.24, 2.45) is 13.0 Å². The van der Waals surface area contributed by atoms with Crippen molar-refractivity contribution in [2.45, 2.75) is 46.1 Å². The molecule has 5 nitrogen and oxygen atoms in total. The number of rotatable bonds is 5. The molecule has 0 saturated carbocycles. The van der Waals surface area contributed by atoms with E-state index in [9.17, 15) is 4.79 Å². The van der Waals surface area contributed by atoms with E-state index >= 15 is 0 Å². The van der Waals surface area contributed by atoms with Gasteiger partial charge in [-0.3, -0.25) is 9.48 Å². The van der Waals surface area contributed by atoms with Gasteiger partial charge in [-0.1, -0.05) is 26.0 Å². The maximum atomic E-state index is 12.9. The molecule has 0 radical (unpaired) electrons. The molecule has 2 aromatic rings. The third-order valence-corrected chi connectivity index (χ3v) is 4.79. The fourth-order valence-corrected chi connectivity index (χ4v) is 3.46. The lowest BCUT2D eigenvalue weighted by molar-refractivity contribution is 0.0585. The number of hydrogen-bond donors (Lipinski definition) is 0. The van der Waals surface area contributed by atoms with Gasteiger partial charge in [-0.05, 0) is 43.0 Å². The van der Waals surface area contributed by atoms with Crippen molar-refractivity contribution in [1.29, 1.82) is 0 Å². The molecule has 2 heterocycles. The number of aromatic nitrogens is 2. The highest BCUT2D eigenvalue weighted by molar-refractivity contribution is 5.92. The molecule has 1 aliphatic heterocycles. The molecule has 26 heavy (non-hydrogen) atoms. The molecule has 1 fully saturated rings. The van der Waals surface area contributed by atoms with Crippen LogP contribution in [0.2, 0.25) is 0 Å². The van der Waals surface area contributed by atoms with Crippen LogP contribution in [-0.2, 0) is 13.5 Å². The number of aryl methyl sites for hydroxylation is 2. The summed E-state index contributed by atoms with van der Waals surface area (Å²) in [6.07, 6.45) is 2.78. The normalized spacial score (nSPS) is 15.5. The molecule has 3 rings (SSSR count). The molecule has 0 aliphatic carbocycles. The maximum absolute atomic E-state index is 12.9. The lowest BCUT2D eigenvalue weighted by Crippen LogP contribution is -2.42. The summed E-state index contributed by atoms with van der Waals surface area (Å²) in [5.74, 6) is 1.52. The number of benzene rings is 1. The molecule has 0 atom stereocenters. The predicted molar refractivity (Wildman–Crippen MR) is 102 cm³/mol. The van der Waals surface area contributed by atoms with E-state index in [0.29, 0.717) is 11.6 Å². The van der Waals surface area contributed by atoms with E-state index in [-0.39, 0.29) is 12.0 Å². The highest BCUT2D eigenvalue weighted by Gasteiger charge is 2.26. The Balaban J connectivity index is 1.57. The first-order chi connectivity index (χ1) is 12.4. The van der Waals surface area contributed by atoms with Gasteiger partial charge in [-0.25, -0.2) is 0 Å². The Morgan fingerprint density at radius 1 is 1.27 bits per heavy atom. The maximum Gasteiger partial charge on any atom is 0.272 e. The van der Waals surface area contributed by atoms with Gasteiger partial charge in [0.05, 0.1) is 5.69 Å². The topological polar surface area (TPSA) is 47.4 Å². The van der Waals surface area contributed by atoms with Crippen LogP contribution in [0.1, 0.15) is 48.4 Å². The first-order valence-electron chi connectivity index (χ1n) is 9.48. The fraction of sp³-hybridized carbons (Fsp3) is 0.524. The molecule has 0 unspecified atom stereocenters. The largest absolute Gasteiger partial charge is 0.490 e. The Morgan fingerprint density at radius 3 is 2.65 bits per heavy atom. The van der Waals surface area contributed by atoms with Crippen LogP contribution < -0.4 is 4.74 Å². The minimum atomic E-state index is 0.0732. The SMILES string of the molecule is Cc1cccc(OC2CCN(C(=O)c3cc(CC(C)C)nn3C)CC2)c1. The number of carbonyl (C=O) groups is 1. The van der Waals surface area contributed by atoms with Crippen LogP contribution in [0.4, 0.5) is 0 Å². The Morgan fingerprint density at radius 2 is 2.00 bits per heavy atom. The molecule has 0 N–H and O–H groups in total. The van der Waals surface area contributed by atoms with Gasteiger partial charge in [0.1, 0.15) is 17.5 Å². The number of hydrogen-bond acceptors (Lipinski definition) is 3. The molecule has 1 saturated heterocycles. The fourth-order valence-electron chi connectivity index (χ4n) is 3.46. The van der Waals surface area contributed by atoms with Crippen LogP contribution in [0.15, 0.2) is 30.3 Å². The highest BCUT2D eigenvalue weighted by atomic mass is 16.5. The Kier molecular flexibility index (Phi) is 5.64. The van der Waals surface area contributed by atoms with Crippen LogP contribution in [-0.4, -0.2) is 39.8 Å². The van der Waals surface area contributed by atoms with Crippen molar-refractivity contribution < 1.29 is 9.53 Å². The summed E-state index contributed by atoms with van der Waals surface area (Å²) in [6, 6.07) is 10.1. The third kappa shape index (κ3) is 4.45. The number of carbonyl (C=O) groups excluding carboxylic acids is 1. The summed E-state index contributed by atoms with van der Waals surface area (Å²) in [5, 5.41) is 4.49. The lowest BCUT2D eigenvalue weighted by atomic mass is 10.1. The number of likely N-dealkylation sites (tertiary alicyclic amines) is 1. The molecule has 1 aromatic heterocycles. The number of ether oxygens (including phenoxy) is 1. The summed E-state index contributed by atoms with van der Waals surface area (Å²) in [7, 11) is 1.85. The second kappa shape index (κ2) is 7.94. The number of amides is 1. The van der Waals surface area contributed by atoms with Crippen molar-refractivity contribution >= 4 is 5.91 Å². The van der Waals surface area contributed by atoms with Gasteiger partial charge in [0.2, 0.25) is 0 Å². The third-order valence-electron chi connectivity index (χ3n) is 4.79. The highest BCUT2D eigenvalue weighted by Crippen LogP contribution is 2.21. The zero-order valence-electron chi connectivity index (χ0n) is 16.2. The van der Waals surface area contributed by atoms with Crippen LogP contribution >= 0.6 is 0 Å². The molecule has 1 amide bonds. The van der Waals surface area contributed by atoms with Gasteiger partial charge in [-0.15, -0.1) is 0 Å². The van der Waals surface area contributed by atoms with Gasteiger partial charge in [-0.2, -0.15) is 5.10 Å². The van der Waals surface area contributed by atoms with Crippen LogP contribution in [0.5, 0.6) is 5.75 Å². The Bertz CT molecular complexity index is 758. The molecule has 0 spiro atoms. The molecular formula is C21H29N3O2. The average Bonchev–Trinajstić information content (AvgIpc) is 2.94. The van der Waals surface area contributed by atoms with Crippen LogP contribution in [0, 0.1) is 12.8 Å². The zero-order chi connectivity index (χ0) is 18.7. The number of piperidine rings is 1. The van der Waals surface area contributed by atoms with Gasteiger partial charge >= 0.3 is 0 Å². The molecule has 140 valence electrons. The quantitative estimate of drug-likeness (QED) is 0.823. The van der Waals surface area contributed by atoms with Crippen LogP contribution in [0.3, 0.4) is 0 Å². The number of nitrogens with zero attached hydrogens (tertiary/aromatic N) is 3. The second-order valence-electron chi connectivity index (χ2n) is 7.67. The molecular weight excluding hydrogens is 326 g/mol. The predicted octanol–water partition coefficient (Wildman–Crippen LogP) is 3.61. The van der Waals surface area contributed by atoms with E-state index in [1.807, 2.05) is 30.1 Å². The summed E-state index contributed by atoms with van der Waals surface area (Å²) < 4.78 is 7.80. The summed E-state index contributed by atoms with van der Waals surface area (Å²) in [6.45, 7) is 7.83. The van der Waals surface area contributed by atoms with Crippen molar-refractivity contribution in [3.63, 3.8) is 0 Å². The smallest absolute Gasteiger partial charge is 0.272 e. The molecule has 5 heteroatoms. The zero-order valence-corrected chi connectivity index (χ0v) is 16.2. The van der Waals surface area contributed by atoms with Crippen molar-refractivity contribution in [2.75, 3.05) is 13.1 Å². The second-order valence-corrected chi connectivity index (χ2v) is 7.67. The monoisotopic (exact) mass is 355 g/mol. The molecule has 1 aromatic carbocycles. The van der Waals surface area contributed by atoms with Crippen molar-refractivity contribution in [1.82, 2.24) is 14.7 Å². The van der Waals surface area contributed by atoms with Crippen LogP contribution in [0.25, 0.3) is 0 Å². The average molecular weight is 355 g/mol. The minimum absolute atomic E-state index is 0.0732. The molecule has 1 aliphatic rings. The molecule has 0 bridgehead atoms. The Hall–Kier alpha value is -2.30. The van der Waals surface area contributed by atoms with Gasteiger partial charge < -0.3 is 9.64 Å². The first-order valence-corrected chi connectivity index (χ1v) is 9.48. The van der Waals surface area contributed by atoms with E-state index < -0.39 is 0 Å². The van der Waals surface area contributed by atoms with Gasteiger partial charge in [0.25, 0.3) is 5.91 Å². The summed E-state index contributed by atoms with van der Waals surface area (Å²) >= 11 is 0. The van der Waals surface area contributed by atoms with Gasteiger partial charge in [0, 0.05) is 33.0 Å². The summed E-state index contributed by atoms with van der Waals surface area (Å²) in [4.78, 5) is 14.8. The van der Waals surface area contributed by atoms with Gasteiger partial charge in [0.15, 0.2) is 0 Å². The van der Waals surface area contributed by atoms with E-state index in [1.165, 1.54) is 5.56 Å². The Labute approximate surface area is 156 Å². The van der Waals surface area contributed by atoms with Crippen molar-refractivity contribution in [3.05, 3.63) is 47.3 Å². The van der Waals surface area contributed by atoms with E-state index in [1.54, 1.807) is 4.68 Å². The van der Waals surface area contributed by atoms with Crippen molar-refractivity contribution in [3.8, 4) is 5.75 Å². The van der Waals surface area contributed by atoms with E-state index in [2.05, 4.69) is 38.0 Å². The van der Waals surface area contributed by atoms with E-state index in [4.69, 9.17) is 4.74 Å². The minimum Gasteiger partial charge on any atom is -0.490 e. The summed E-state index contributed by atoms with van der Waals surface area (Å²) in [5.41, 5.74) is 2.87. The lowest BCUT2D eigenvalue weighted by Gasteiger charge is -2.32.